The van der Waals surface area contributed by atoms with Crippen LogP contribution in [0.4, 0.5) is 0 Å². The van der Waals surface area contributed by atoms with Crippen molar-refractivity contribution in [2.24, 2.45) is 0 Å². The van der Waals surface area contributed by atoms with Gasteiger partial charge in [-0.15, -0.1) is 0 Å². The summed E-state index contributed by atoms with van der Waals surface area (Å²) in [6.07, 6.45) is 3.75. The molecule has 0 bridgehead atoms. The zero-order chi connectivity index (χ0) is 13.5. The number of rotatable bonds is 6. The Balaban J connectivity index is 2.41. The number of ether oxygens (including phenoxy) is 1. The third kappa shape index (κ3) is 5.83. The number of carbonyl (C=O) groups is 1. The molecule has 0 aromatic rings. The maximum atomic E-state index is 11.7. The lowest BCUT2D eigenvalue weighted by atomic mass is 10.0. The first-order valence-corrected chi connectivity index (χ1v) is 7.16. The largest absolute Gasteiger partial charge is 0.462 e. The summed E-state index contributed by atoms with van der Waals surface area (Å²) >= 11 is 0. The van der Waals surface area contributed by atoms with E-state index in [1.165, 1.54) is 19.3 Å². The van der Waals surface area contributed by atoms with Crippen LogP contribution in [0.1, 0.15) is 47.0 Å². The number of hydrogen-bond donors (Lipinski definition) is 1. The second kappa shape index (κ2) is 7.74. The van der Waals surface area contributed by atoms with Gasteiger partial charge in [0.2, 0.25) is 0 Å². The minimum absolute atomic E-state index is 0.0284. The minimum atomic E-state index is -0.116. The monoisotopic (exact) mass is 256 g/mol. The number of nitrogens with one attached hydrogen (secondary N) is 1. The third-order valence-corrected chi connectivity index (χ3v) is 3.30. The molecule has 0 amide bonds. The minimum Gasteiger partial charge on any atom is -0.462 e. The van der Waals surface area contributed by atoms with Crippen LogP contribution in [0.15, 0.2) is 0 Å². The lowest BCUT2D eigenvalue weighted by Gasteiger charge is -2.32. The van der Waals surface area contributed by atoms with Crippen LogP contribution in [0.3, 0.4) is 0 Å². The third-order valence-electron chi connectivity index (χ3n) is 3.30. The highest BCUT2D eigenvalue weighted by Gasteiger charge is 2.21. The molecule has 0 aliphatic carbocycles. The van der Waals surface area contributed by atoms with Crippen molar-refractivity contribution < 1.29 is 9.53 Å². The summed E-state index contributed by atoms with van der Waals surface area (Å²) in [6, 6.07) is 0.890. The van der Waals surface area contributed by atoms with E-state index in [1.54, 1.807) is 0 Å². The van der Waals surface area contributed by atoms with Crippen molar-refractivity contribution >= 4 is 5.97 Å². The zero-order valence-corrected chi connectivity index (χ0v) is 12.2. The van der Waals surface area contributed by atoms with E-state index in [1.807, 2.05) is 13.8 Å². The van der Waals surface area contributed by atoms with Crippen molar-refractivity contribution in [2.75, 3.05) is 19.6 Å². The van der Waals surface area contributed by atoms with Crippen molar-refractivity contribution in [3.8, 4) is 0 Å². The Labute approximate surface area is 111 Å². The quantitative estimate of drug-likeness (QED) is 0.736. The van der Waals surface area contributed by atoms with Crippen LogP contribution in [0.5, 0.6) is 0 Å². The van der Waals surface area contributed by atoms with E-state index in [0.29, 0.717) is 18.6 Å². The fourth-order valence-electron chi connectivity index (χ4n) is 2.29. The van der Waals surface area contributed by atoms with Crippen molar-refractivity contribution in [1.82, 2.24) is 10.2 Å². The fourth-order valence-corrected chi connectivity index (χ4v) is 2.29. The molecular weight excluding hydrogens is 228 g/mol. The molecule has 106 valence electrons. The molecule has 0 aromatic carbocycles. The summed E-state index contributed by atoms with van der Waals surface area (Å²) in [5.74, 6) is -0.116. The van der Waals surface area contributed by atoms with Gasteiger partial charge in [-0.3, -0.25) is 9.69 Å². The molecule has 1 atom stereocenters. The smallest absolute Gasteiger partial charge is 0.320 e. The molecule has 1 rings (SSSR count). The molecule has 4 heteroatoms. The second-order valence-electron chi connectivity index (χ2n) is 5.71. The number of esters is 1. The first-order chi connectivity index (χ1) is 8.49. The van der Waals surface area contributed by atoms with Gasteiger partial charge in [-0.05, 0) is 47.1 Å². The Kier molecular flexibility index (Phi) is 6.65. The van der Waals surface area contributed by atoms with Crippen molar-refractivity contribution in [2.45, 2.75) is 65.1 Å². The van der Waals surface area contributed by atoms with Crippen molar-refractivity contribution in [3.05, 3.63) is 0 Å². The van der Waals surface area contributed by atoms with Gasteiger partial charge >= 0.3 is 5.97 Å². The van der Waals surface area contributed by atoms with Crippen LogP contribution in [-0.4, -0.2) is 48.7 Å². The maximum absolute atomic E-state index is 11.7. The molecular formula is C14H28N2O2. The van der Waals surface area contributed by atoms with Crippen molar-refractivity contribution in [3.63, 3.8) is 0 Å². The summed E-state index contributed by atoms with van der Waals surface area (Å²) in [5.41, 5.74) is 0. The fraction of sp³-hybridized carbons (Fsp3) is 0.929. The van der Waals surface area contributed by atoms with Gasteiger partial charge < -0.3 is 10.1 Å². The van der Waals surface area contributed by atoms with Crippen LogP contribution in [0.2, 0.25) is 0 Å². The molecule has 1 aliphatic rings. The number of piperidine rings is 1. The van der Waals surface area contributed by atoms with Gasteiger partial charge in [0, 0.05) is 18.6 Å². The van der Waals surface area contributed by atoms with Gasteiger partial charge in [0.05, 0.1) is 12.6 Å². The number of hydrogen-bond acceptors (Lipinski definition) is 4. The predicted octanol–water partition coefficient (Wildman–Crippen LogP) is 1.79. The predicted molar refractivity (Wildman–Crippen MR) is 73.6 cm³/mol. The van der Waals surface area contributed by atoms with Gasteiger partial charge in [0.25, 0.3) is 0 Å². The lowest BCUT2D eigenvalue weighted by Crippen LogP contribution is -2.47. The SMILES string of the molecule is CC(C)OC(=O)CN(CC1CCCCN1)C(C)C. The highest BCUT2D eigenvalue weighted by Crippen LogP contribution is 2.10. The Morgan fingerprint density at radius 3 is 2.56 bits per heavy atom. The van der Waals surface area contributed by atoms with Crippen LogP contribution in [0, 0.1) is 0 Å². The molecule has 0 spiro atoms. The van der Waals surface area contributed by atoms with Gasteiger partial charge in [-0.1, -0.05) is 6.42 Å². The molecule has 0 saturated carbocycles. The molecule has 1 saturated heterocycles. The van der Waals surface area contributed by atoms with E-state index in [2.05, 4.69) is 24.1 Å². The summed E-state index contributed by atoms with van der Waals surface area (Å²) < 4.78 is 5.22. The lowest BCUT2D eigenvalue weighted by molar-refractivity contribution is -0.149. The first kappa shape index (κ1) is 15.4. The molecule has 1 aliphatic heterocycles. The summed E-state index contributed by atoms with van der Waals surface area (Å²) in [7, 11) is 0. The molecule has 0 radical (unpaired) electrons. The second-order valence-corrected chi connectivity index (χ2v) is 5.71. The zero-order valence-electron chi connectivity index (χ0n) is 12.2. The van der Waals surface area contributed by atoms with E-state index in [-0.39, 0.29) is 12.1 Å². The Morgan fingerprint density at radius 2 is 2.06 bits per heavy atom. The van der Waals surface area contributed by atoms with E-state index in [0.717, 1.165) is 13.1 Å². The van der Waals surface area contributed by atoms with Crippen LogP contribution < -0.4 is 5.32 Å². The molecule has 18 heavy (non-hydrogen) atoms. The Morgan fingerprint density at radius 1 is 1.33 bits per heavy atom. The van der Waals surface area contributed by atoms with Gasteiger partial charge in [-0.25, -0.2) is 0 Å². The molecule has 1 fully saturated rings. The van der Waals surface area contributed by atoms with Crippen LogP contribution >= 0.6 is 0 Å². The topological polar surface area (TPSA) is 41.6 Å². The first-order valence-electron chi connectivity index (χ1n) is 7.16. The summed E-state index contributed by atoms with van der Waals surface area (Å²) in [6.45, 7) is 10.5. The van der Waals surface area contributed by atoms with E-state index < -0.39 is 0 Å². The van der Waals surface area contributed by atoms with Crippen LogP contribution in [-0.2, 0) is 9.53 Å². The average Bonchev–Trinajstić information content (AvgIpc) is 2.28. The Hall–Kier alpha value is -0.610. The van der Waals surface area contributed by atoms with E-state index in [4.69, 9.17) is 4.74 Å². The van der Waals surface area contributed by atoms with Gasteiger partial charge in [0.15, 0.2) is 0 Å². The van der Waals surface area contributed by atoms with Gasteiger partial charge in [-0.2, -0.15) is 0 Å². The molecule has 1 unspecified atom stereocenters. The number of nitrogens with zero attached hydrogens (tertiary/aromatic N) is 1. The maximum Gasteiger partial charge on any atom is 0.320 e. The number of carbonyl (C=O) groups excluding carboxylic acids is 1. The normalized spacial score (nSPS) is 20.7. The summed E-state index contributed by atoms with van der Waals surface area (Å²) in [4.78, 5) is 13.9. The Bertz CT molecular complexity index is 248. The van der Waals surface area contributed by atoms with E-state index >= 15 is 0 Å². The highest BCUT2D eigenvalue weighted by atomic mass is 16.5. The summed E-state index contributed by atoms with van der Waals surface area (Å²) in [5, 5.41) is 3.52. The molecule has 4 nitrogen and oxygen atoms in total. The average molecular weight is 256 g/mol. The molecule has 1 heterocycles. The highest BCUT2D eigenvalue weighted by molar-refractivity contribution is 5.71. The van der Waals surface area contributed by atoms with Gasteiger partial charge in [0.1, 0.15) is 0 Å². The van der Waals surface area contributed by atoms with Crippen molar-refractivity contribution in [1.29, 1.82) is 0 Å². The standard InChI is InChI=1S/C14H28N2O2/c1-11(2)16(10-14(17)18-12(3)4)9-13-7-5-6-8-15-13/h11-13,15H,5-10H2,1-4H3. The molecule has 0 aromatic heterocycles. The van der Waals surface area contributed by atoms with E-state index in [9.17, 15) is 4.79 Å². The van der Waals surface area contributed by atoms with Crippen LogP contribution in [0.25, 0.3) is 0 Å². The molecule has 1 N–H and O–H groups in total.